The summed E-state index contributed by atoms with van der Waals surface area (Å²) in [6.45, 7) is 1.70. The van der Waals surface area contributed by atoms with Crippen LogP contribution < -0.4 is 5.43 Å². The number of thiophene rings is 1. The summed E-state index contributed by atoms with van der Waals surface area (Å²) in [5.74, 6) is -0.294. The molecule has 0 aliphatic carbocycles. The predicted molar refractivity (Wildman–Crippen MR) is 73.5 cm³/mol. The lowest BCUT2D eigenvalue weighted by atomic mass is 10.1. The first-order valence-electron chi connectivity index (χ1n) is 5.35. The van der Waals surface area contributed by atoms with Crippen molar-refractivity contribution in [2.24, 2.45) is 0 Å². The molecule has 1 N–H and O–H groups in total. The minimum atomic E-state index is -0.294. The summed E-state index contributed by atoms with van der Waals surface area (Å²) < 4.78 is 0. The fraction of sp³-hybridized carbons (Fsp3) is 0.231. The van der Waals surface area contributed by atoms with Gasteiger partial charge >= 0.3 is 0 Å². The Hall–Kier alpha value is -1.90. The molecule has 1 aromatic rings. The minimum absolute atomic E-state index is 0.122. The van der Waals surface area contributed by atoms with Crippen molar-refractivity contribution in [1.29, 1.82) is 5.26 Å². The molecule has 1 aromatic heterocycles. The molecule has 0 bridgehead atoms. The number of rotatable bonds is 5. The van der Waals surface area contributed by atoms with E-state index in [-0.39, 0.29) is 11.4 Å². The van der Waals surface area contributed by atoms with Crippen LogP contribution in [0.5, 0.6) is 0 Å². The number of nitrogens with zero attached hydrogens (tertiary/aromatic N) is 2. The third-order valence-electron chi connectivity index (χ3n) is 2.07. The van der Waals surface area contributed by atoms with E-state index in [0.29, 0.717) is 5.70 Å². The van der Waals surface area contributed by atoms with Crippen LogP contribution >= 0.6 is 11.3 Å². The van der Waals surface area contributed by atoms with E-state index in [2.05, 4.69) is 5.43 Å². The van der Waals surface area contributed by atoms with E-state index in [1.54, 1.807) is 43.4 Å². The van der Waals surface area contributed by atoms with Gasteiger partial charge in [-0.1, -0.05) is 6.07 Å². The number of hydrazine groups is 1. The van der Waals surface area contributed by atoms with Gasteiger partial charge in [0.1, 0.15) is 11.6 Å². The molecule has 1 rings (SSSR count). The van der Waals surface area contributed by atoms with Gasteiger partial charge in [-0.3, -0.25) is 4.79 Å². The lowest BCUT2D eigenvalue weighted by Gasteiger charge is -2.14. The van der Waals surface area contributed by atoms with Crippen LogP contribution in [0.1, 0.15) is 11.8 Å². The van der Waals surface area contributed by atoms with Gasteiger partial charge in [0.15, 0.2) is 5.78 Å². The molecule has 94 valence electrons. The first kappa shape index (κ1) is 14.2. The minimum Gasteiger partial charge on any atom is -0.322 e. The van der Waals surface area contributed by atoms with Crippen molar-refractivity contribution in [1.82, 2.24) is 10.4 Å². The molecule has 0 atom stereocenters. The molecular formula is C13H15N3OS. The summed E-state index contributed by atoms with van der Waals surface area (Å²) in [7, 11) is 3.59. The van der Waals surface area contributed by atoms with Crippen LogP contribution in [-0.2, 0) is 4.79 Å². The zero-order valence-corrected chi connectivity index (χ0v) is 11.4. The van der Waals surface area contributed by atoms with Crippen molar-refractivity contribution in [3.63, 3.8) is 0 Å². The Balaban J connectivity index is 2.84. The highest BCUT2D eigenvalue weighted by Gasteiger charge is 2.10. The number of hydrogen-bond donors (Lipinski definition) is 1. The van der Waals surface area contributed by atoms with E-state index in [0.717, 1.165) is 4.88 Å². The Morgan fingerprint density at radius 3 is 2.78 bits per heavy atom. The molecule has 5 heteroatoms. The zero-order valence-electron chi connectivity index (χ0n) is 10.6. The molecular weight excluding hydrogens is 246 g/mol. The maximum absolute atomic E-state index is 11.9. The van der Waals surface area contributed by atoms with Gasteiger partial charge in [-0.25, -0.2) is 5.01 Å². The number of allylic oxidation sites excluding steroid dienone is 3. The molecule has 0 saturated heterocycles. The Labute approximate surface area is 111 Å². The molecule has 4 nitrogen and oxygen atoms in total. The van der Waals surface area contributed by atoms with Crippen molar-refractivity contribution in [3.05, 3.63) is 39.7 Å². The summed E-state index contributed by atoms with van der Waals surface area (Å²) in [6, 6.07) is 5.75. The molecule has 0 radical (unpaired) electrons. The van der Waals surface area contributed by atoms with E-state index in [9.17, 15) is 4.79 Å². The first-order valence-corrected chi connectivity index (χ1v) is 6.23. The molecule has 18 heavy (non-hydrogen) atoms. The lowest BCUT2D eigenvalue weighted by molar-refractivity contribution is -0.111. The highest BCUT2D eigenvalue weighted by atomic mass is 32.1. The molecule has 0 aliphatic heterocycles. The number of nitrogens with one attached hydrogen (secondary N) is 1. The van der Waals surface area contributed by atoms with Crippen LogP contribution in [-0.4, -0.2) is 24.9 Å². The number of hydrogen-bond acceptors (Lipinski definition) is 5. The molecule has 0 spiro atoms. The SMILES string of the molecule is C/C(NN(C)C)=C(\C#N)C(=O)/C=C\c1cccs1. The highest BCUT2D eigenvalue weighted by molar-refractivity contribution is 7.10. The Morgan fingerprint density at radius 1 is 1.56 bits per heavy atom. The lowest BCUT2D eigenvalue weighted by Crippen LogP contribution is -2.30. The summed E-state index contributed by atoms with van der Waals surface area (Å²) in [5.41, 5.74) is 3.57. The molecule has 0 aliphatic rings. The van der Waals surface area contributed by atoms with Crippen molar-refractivity contribution < 1.29 is 4.79 Å². The standard InChI is InChI=1S/C13H15N3OS/c1-10(15-16(2)3)12(9-14)13(17)7-6-11-5-4-8-18-11/h4-8,15H,1-3H3/b7-6-,12-10-. The summed E-state index contributed by atoms with van der Waals surface area (Å²) >= 11 is 1.54. The zero-order chi connectivity index (χ0) is 13.5. The van der Waals surface area contributed by atoms with Crippen molar-refractivity contribution in [2.45, 2.75) is 6.92 Å². The van der Waals surface area contributed by atoms with Crippen LogP contribution in [0.4, 0.5) is 0 Å². The number of carbonyl (C=O) groups excluding carboxylic acids is 1. The second-order valence-electron chi connectivity index (χ2n) is 3.83. The molecule has 0 saturated carbocycles. The molecule has 0 aromatic carbocycles. The van der Waals surface area contributed by atoms with E-state index < -0.39 is 0 Å². The molecule has 0 fully saturated rings. The van der Waals surface area contributed by atoms with Crippen LogP contribution in [0.15, 0.2) is 34.9 Å². The van der Waals surface area contributed by atoms with Gasteiger partial charge in [0.2, 0.25) is 0 Å². The van der Waals surface area contributed by atoms with Crippen molar-refractivity contribution in [3.8, 4) is 6.07 Å². The maximum atomic E-state index is 11.9. The van der Waals surface area contributed by atoms with Crippen molar-refractivity contribution >= 4 is 23.2 Å². The first-order chi connectivity index (χ1) is 8.54. The Bertz CT molecular complexity index is 507. The van der Waals surface area contributed by atoms with Gasteiger partial charge in [0.25, 0.3) is 0 Å². The Kier molecular flexibility index (Phi) is 5.31. The van der Waals surface area contributed by atoms with E-state index in [1.165, 1.54) is 6.08 Å². The van der Waals surface area contributed by atoms with Gasteiger partial charge in [-0.2, -0.15) is 5.26 Å². The largest absolute Gasteiger partial charge is 0.322 e. The number of ketones is 1. The van der Waals surface area contributed by atoms with E-state index in [1.807, 2.05) is 23.6 Å². The topological polar surface area (TPSA) is 56.1 Å². The van der Waals surface area contributed by atoms with Crippen LogP contribution in [0.3, 0.4) is 0 Å². The van der Waals surface area contributed by atoms with Gasteiger partial charge in [0.05, 0.1) is 0 Å². The molecule has 1 heterocycles. The second kappa shape index (κ2) is 6.74. The highest BCUT2D eigenvalue weighted by Crippen LogP contribution is 2.11. The van der Waals surface area contributed by atoms with Crippen molar-refractivity contribution in [2.75, 3.05) is 14.1 Å². The smallest absolute Gasteiger partial charge is 0.198 e. The van der Waals surface area contributed by atoms with Crippen LogP contribution in [0.25, 0.3) is 6.08 Å². The molecule has 0 unspecified atom stereocenters. The van der Waals surface area contributed by atoms with Gasteiger partial charge in [0, 0.05) is 24.7 Å². The second-order valence-corrected chi connectivity index (χ2v) is 4.81. The van der Waals surface area contributed by atoms with Gasteiger partial charge < -0.3 is 5.43 Å². The Morgan fingerprint density at radius 2 is 2.28 bits per heavy atom. The molecule has 0 amide bonds. The summed E-state index contributed by atoms with van der Waals surface area (Å²) in [5, 5.41) is 12.6. The van der Waals surface area contributed by atoms with E-state index >= 15 is 0 Å². The number of carbonyl (C=O) groups is 1. The average molecular weight is 261 g/mol. The van der Waals surface area contributed by atoms with Gasteiger partial charge in [-0.05, 0) is 30.5 Å². The summed E-state index contributed by atoms with van der Waals surface area (Å²) in [4.78, 5) is 12.9. The quantitative estimate of drug-likeness (QED) is 0.501. The third-order valence-corrected chi connectivity index (χ3v) is 2.90. The third kappa shape index (κ3) is 4.17. The van der Waals surface area contributed by atoms with Gasteiger partial charge in [-0.15, -0.1) is 11.3 Å². The fourth-order valence-corrected chi connectivity index (χ4v) is 1.96. The van der Waals surface area contributed by atoms with Crippen LogP contribution in [0, 0.1) is 11.3 Å². The average Bonchev–Trinajstić information content (AvgIpc) is 2.79. The number of nitriles is 1. The maximum Gasteiger partial charge on any atom is 0.198 e. The normalized spacial score (nSPS) is 12.4. The monoisotopic (exact) mass is 261 g/mol. The fourth-order valence-electron chi connectivity index (χ4n) is 1.34. The summed E-state index contributed by atoms with van der Waals surface area (Å²) in [6.07, 6.45) is 3.14. The predicted octanol–water partition coefficient (Wildman–Crippen LogP) is 2.19. The van der Waals surface area contributed by atoms with Crippen LogP contribution in [0.2, 0.25) is 0 Å². The van der Waals surface area contributed by atoms with E-state index in [4.69, 9.17) is 5.26 Å².